The Morgan fingerprint density at radius 1 is 0.745 bits per heavy atom. The number of hydrogen-bond donors (Lipinski definition) is 1. The van der Waals surface area contributed by atoms with Crippen LogP contribution in [0.15, 0.2) is 72.8 Å². The summed E-state index contributed by atoms with van der Waals surface area (Å²) < 4.78 is 2.43. The van der Waals surface area contributed by atoms with Crippen LogP contribution in [-0.4, -0.2) is 20.7 Å². The normalized spacial score (nSPS) is 22.3. The minimum Gasteiger partial charge on any atom is -0.386 e. The molecule has 0 amide bonds. The third kappa shape index (κ3) is 7.58. The number of nitrogens with zero attached hydrogens (tertiary/aromatic N) is 1. The summed E-state index contributed by atoms with van der Waals surface area (Å²) in [5.74, 6) is 0. The molecule has 47 heavy (non-hydrogen) atoms. The van der Waals surface area contributed by atoms with Gasteiger partial charge in [0.05, 0.1) is 10.4 Å². The third-order valence-electron chi connectivity index (χ3n) is 10.1. The second kappa shape index (κ2) is 13.6. The van der Waals surface area contributed by atoms with Gasteiger partial charge in [-0.3, -0.25) is 0 Å². The zero-order valence-corrected chi connectivity index (χ0v) is 36.0. The molecule has 0 spiro atoms. The van der Waals surface area contributed by atoms with E-state index in [4.69, 9.17) is 11.6 Å². The number of aliphatic hydroxyl groups is 1. The van der Waals surface area contributed by atoms with E-state index in [1.807, 2.05) is 18.2 Å². The van der Waals surface area contributed by atoms with Crippen molar-refractivity contribution in [3.63, 3.8) is 0 Å². The largest absolute Gasteiger partial charge is 0.386 e. The predicted octanol–water partition coefficient (Wildman–Crippen LogP) is 12.3. The number of halogens is 1. The van der Waals surface area contributed by atoms with Crippen LogP contribution < -0.4 is 0 Å². The van der Waals surface area contributed by atoms with Crippen molar-refractivity contribution in [1.82, 2.24) is 4.57 Å². The van der Waals surface area contributed by atoms with E-state index in [1.54, 1.807) is 0 Å². The number of rotatable bonds is 4. The second-order valence-corrected chi connectivity index (χ2v) is 18.4. The van der Waals surface area contributed by atoms with E-state index in [2.05, 4.69) is 142 Å². The van der Waals surface area contributed by atoms with Crippen LogP contribution in [-0.2, 0) is 42.2 Å². The molecule has 3 atom stereocenters. The van der Waals surface area contributed by atoms with Gasteiger partial charge in [-0.25, -0.2) is 0 Å². The quantitative estimate of drug-likeness (QED) is 0.124. The van der Waals surface area contributed by atoms with Gasteiger partial charge in [-0.2, -0.15) is 0 Å². The van der Waals surface area contributed by atoms with Crippen molar-refractivity contribution in [3.8, 4) is 0 Å². The minimum atomic E-state index is -0.759. The van der Waals surface area contributed by atoms with Crippen molar-refractivity contribution in [2.45, 2.75) is 123 Å². The van der Waals surface area contributed by atoms with Crippen LogP contribution in [0.4, 0.5) is 0 Å². The predicted molar refractivity (Wildman–Crippen MR) is 205 cm³/mol. The van der Waals surface area contributed by atoms with E-state index in [-0.39, 0.29) is 62.4 Å². The van der Waals surface area contributed by atoms with Crippen molar-refractivity contribution in [2.24, 2.45) is 10.8 Å². The Hall–Kier alpha value is -1.68. The SMILES string of the molecule is CC(C)(C)CC(C)(C)C1(Cl)C=C(c2ccccc2)C(O)C(C)(n2c3ccc(C(C)(C)C)cc3c3cc(C(C)(C)C)ccc32)C1.[CH3-].[CH3-].[Hf]. The summed E-state index contributed by atoms with van der Waals surface area (Å²) in [6.07, 6.45) is 2.99. The third-order valence-corrected chi connectivity index (χ3v) is 10.8. The molecule has 1 N–H and O–H groups in total. The molecule has 0 saturated carbocycles. The van der Waals surface area contributed by atoms with E-state index >= 15 is 0 Å². The molecule has 5 rings (SSSR count). The van der Waals surface area contributed by atoms with Gasteiger partial charge < -0.3 is 24.5 Å². The molecule has 1 heterocycles. The smallest absolute Gasteiger partial charge is 0.103 e. The molecule has 0 fully saturated rings. The first-order valence-corrected chi connectivity index (χ1v) is 16.7. The molecule has 1 aliphatic rings. The van der Waals surface area contributed by atoms with E-state index in [9.17, 15) is 5.11 Å². The summed E-state index contributed by atoms with van der Waals surface area (Å²) in [7, 11) is 0. The average Bonchev–Trinajstić information content (AvgIpc) is 3.23. The Bertz CT molecular complexity index is 1660. The van der Waals surface area contributed by atoms with Crippen LogP contribution in [0.2, 0.25) is 0 Å². The molecule has 2 nitrogen and oxygen atoms in total. The van der Waals surface area contributed by atoms with Gasteiger partial charge >= 0.3 is 0 Å². The van der Waals surface area contributed by atoms with Gasteiger partial charge in [0.1, 0.15) is 6.10 Å². The Morgan fingerprint density at radius 3 is 1.60 bits per heavy atom. The van der Waals surface area contributed by atoms with Crippen LogP contribution in [0.25, 0.3) is 27.4 Å². The Balaban J connectivity index is 0.00000256. The topological polar surface area (TPSA) is 25.2 Å². The first-order valence-electron chi connectivity index (χ1n) is 16.3. The van der Waals surface area contributed by atoms with Crippen LogP contribution in [0, 0.1) is 25.7 Å². The number of allylic oxidation sites excluding steroid dienone is 1. The van der Waals surface area contributed by atoms with Gasteiger partial charge in [0.25, 0.3) is 0 Å². The van der Waals surface area contributed by atoms with E-state index in [0.717, 1.165) is 28.6 Å². The molecule has 0 aliphatic heterocycles. The number of alkyl halides is 1. The first-order chi connectivity index (χ1) is 20.1. The van der Waals surface area contributed by atoms with Gasteiger partial charge in [-0.1, -0.05) is 125 Å². The molecule has 0 saturated heterocycles. The van der Waals surface area contributed by atoms with Crippen molar-refractivity contribution in [1.29, 1.82) is 0 Å². The Labute approximate surface area is 311 Å². The number of fused-ring (bicyclic) bond motifs is 3. The van der Waals surface area contributed by atoms with E-state index in [0.29, 0.717) is 6.42 Å². The maximum Gasteiger partial charge on any atom is 0.103 e. The summed E-state index contributed by atoms with van der Waals surface area (Å²) in [5.41, 5.74) is 5.99. The molecule has 4 heteroatoms. The Kier molecular flexibility index (Phi) is 12.0. The Morgan fingerprint density at radius 2 is 1.19 bits per heavy atom. The zero-order valence-electron chi connectivity index (χ0n) is 31.7. The van der Waals surface area contributed by atoms with E-state index in [1.165, 1.54) is 21.9 Å². The number of hydrogen-bond acceptors (Lipinski definition) is 1. The molecule has 0 bridgehead atoms. The molecular weight excluding hydrogens is 760 g/mol. The maximum atomic E-state index is 12.6. The molecule has 3 aromatic carbocycles. The van der Waals surface area contributed by atoms with Crippen LogP contribution in [0.3, 0.4) is 0 Å². The molecular formula is C43H60ClHfNO-2. The molecule has 1 aromatic heterocycles. The zero-order chi connectivity index (χ0) is 32.7. The second-order valence-electron chi connectivity index (χ2n) is 17.7. The maximum absolute atomic E-state index is 12.6. The van der Waals surface area contributed by atoms with Crippen molar-refractivity contribution in [2.75, 3.05) is 0 Å². The molecule has 1 aliphatic carbocycles. The number of aromatic nitrogens is 1. The summed E-state index contributed by atoms with van der Waals surface area (Å²) in [4.78, 5) is -0.695. The summed E-state index contributed by atoms with van der Waals surface area (Å²) in [6, 6.07) is 24.2. The minimum absolute atomic E-state index is 0. The van der Waals surface area contributed by atoms with Gasteiger partial charge in [0.2, 0.25) is 0 Å². The average molecular weight is 821 g/mol. The van der Waals surface area contributed by atoms with Crippen molar-refractivity contribution >= 4 is 39.0 Å². The standard InChI is InChI=1S/C41H54ClNO.2CH3.Hf/c1-36(2,3)25-39(10,11)41(42)24-32(27-16-14-13-15-17-27)35(44)40(12,26-41)43-33-20-18-28(37(4,5)6)22-30(33)31-23-29(38(7,8)9)19-21-34(31)43;;;/h13-24,35,44H,25-26H2,1-12H3;2*1H3;/q;2*-1;. The monoisotopic (exact) mass is 821 g/mol. The molecule has 4 aromatic rings. The van der Waals surface area contributed by atoms with Crippen LogP contribution in [0.1, 0.15) is 113 Å². The van der Waals surface area contributed by atoms with Crippen LogP contribution in [0.5, 0.6) is 0 Å². The number of aliphatic hydroxyl groups excluding tert-OH is 1. The van der Waals surface area contributed by atoms with Crippen LogP contribution >= 0.6 is 11.6 Å². The van der Waals surface area contributed by atoms with Crippen molar-refractivity contribution in [3.05, 3.63) is 104 Å². The van der Waals surface area contributed by atoms with Gasteiger partial charge in [-0.05, 0) is 88.0 Å². The van der Waals surface area contributed by atoms with Crippen molar-refractivity contribution < 1.29 is 30.9 Å². The summed E-state index contributed by atoms with van der Waals surface area (Å²) in [6.45, 7) is 27.4. The fraction of sp³-hybridized carbons (Fsp3) is 0.488. The van der Waals surface area contributed by atoms with E-state index < -0.39 is 16.5 Å². The fourth-order valence-electron chi connectivity index (χ4n) is 7.82. The van der Waals surface area contributed by atoms with Gasteiger partial charge in [0.15, 0.2) is 0 Å². The van der Waals surface area contributed by atoms with Gasteiger partial charge in [-0.15, -0.1) is 11.6 Å². The fourth-order valence-corrected chi connectivity index (χ4v) is 8.27. The van der Waals surface area contributed by atoms with Gasteiger partial charge in [0, 0.05) is 47.6 Å². The summed E-state index contributed by atoms with van der Waals surface area (Å²) in [5, 5.41) is 15.0. The first kappa shape index (κ1) is 41.5. The molecule has 0 radical (unpaired) electrons. The summed E-state index contributed by atoms with van der Waals surface area (Å²) >= 11 is 7.96. The molecule has 3 unspecified atom stereocenters. The number of benzene rings is 3. The molecule has 256 valence electrons.